The Balaban J connectivity index is 2.53. The molecular formula is C6H5NS2. The number of benzene rings is 1. The van der Waals surface area contributed by atoms with Gasteiger partial charge in [-0.1, -0.05) is 6.07 Å². The summed E-state index contributed by atoms with van der Waals surface area (Å²) < 4.78 is 3.13. The molecule has 0 fully saturated rings. The van der Waals surface area contributed by atoms with Crippen LogP contribution in [0.5, 0.6) is 0 Å². The SMILES string of the molecule is c1cc2cc(c1)SNS2. The van der Waals surface area contributed by atoms with Gasteiger partial charge in [-0.3, -0.25) is 0 Å². The molecule has 1 nitrogen and oxygen atoms in total. The summed E-state index contributed by atoms with van der Waals surface area (Å²) >= 11 is 3.33. The van der Waals surface area contributed by atoms with Crippen molar-refractivity contribution in [2.45, 2.75) is 9.79 Å². The fraction of sp³-hybridized carbons (Fsp3) is 0. The molecule has 46 valence electrons. The lowest BCUT2D eigenvalue weighted by Crippen LogP contribution is -1.94. The number of hydrogen-bond acceptors (Lipinski definition) is 3. The van der Waals surface area contributed by atoms with Gasteiger partial charge in [0.25, 0.3) is 0 Å². The molecule has 0 aliphatic carbocycles. The Kier molecular flexibility index (Phi) is 1.41. The average Bonchev–Trinajstić information content (AvgIpc) is 1.88. The third-order valence-electron chi connectivity index (χ3n) is 1.12. The lowest BCUT2D eigenvalue weighted by atomic mass is 10.4. The van der Waals surface area contributed by atoms with E-state index in [1.54, 1.807) is 23.9 Å². The summed E-state index contributed by atoms with van der Waals surface area (Å²) in [6.45, 7) is 0. The molecule has 2 bridgehead atoms. The molecule has 1 heterocycles. The Hall–Kier alpha value is -0.120. The Morgan fingerprint density at radius 3 is 2.33 bits per heavy atom. The molecule has 2 rings (SSSR count). The first kappa shape index (κ1) is 5.65. The Labute approximate surface area is 62.5 Å². The molecule has 0 unspecified atom stereocenters. The van der Waals surface area contributed by atoms with Crippen LogP contribution in [0.1, 0.15) is 0 Å². The van der Waals surface area contributed by atoms with Gasteiger partial charge in [-0.05, 0) is 42.1 Å². The van der Waals surface area contributed by atoms with Crippen LogP contribution in [0.15, 0.2) is 34.1 Å². The summed E-state index contributed by atoms with van der Waals surface area (Å²) in [6, 6.07) is 8.44. The quantitative estimate of drug-likeness (QED) is 0.577. The van der Waals surface area contributed by atoms with E-state index in [1.165, 1.54) is 9.79 Å². The first-order chi connectivity index (χ1) is 4.45. The second-order valence-electron chi connectivity index (χ2n) is 1.76. The number of nitrogens with one attached hydrogen (secondary N) is 1. The first-order valence-corrected chi connectivity index (χ1v) is 4.27. The van der Waals surface area contributed by atoms with Crippen LogP contribution in [0, 0.1) is 0 Å². The van der Waals surface area contributed by atoms with Crippen molar-refractivity contribution >= 4 is 23.9 Å². The predicted molar refractivity (Wildman–Crippen MR) is 41.3 cm³/mol. The molecule has 1 aromatic carbocycles. The Morgan fingerprint density at radius 1 is 1.11 bits per heavy atom. The summed E-state index contributed by atoms with van der Waals surface area (Å²) in [5.74, 6) is 0. The van der Waals surface area contributed by atoms with Crippen LogP contribution in [0.25, 0.3) is 0 Å². The van der Waals surface area contributed by atoms with E-state index >= 15 is 0 Å². The topological polar surface area (TPSA) is 12.0 Å². The molecule has 1 aliphatic heterocycles. The van der Waals surface area contributed by atoms with Crippen LogP contribution >= 0.6 is 23.9 Å². The number of fused-ring (bicyclic) bond motifs is 2. The zero-order valence-corrected chi connectivity index (χ0v) is 6.26. The maximum atomic E-state index is 3.13. The van der Waals surface area contributed by atoms with Crippen molar-refractivity contribution in [2.75, 3.05) is 0 Å². The second-order valence-corrected chi connectivity index (χ2v) is 3.78. The zero-order chi connectivity index (χ0) is 6.10. The number of rotatable bonds is 0. The highest BCUT2D eigenvalue weighted by atomic mass is 32.2. The van der Waals surface area contributed by atoms with E-state index in [9.17, 15) is 0 Å². The minimum absolute atomic E-state index is 1.30. The van der Waals surface area contributed by atoms with E-state index in [4.69, 9.17) is 0 Å². The average molecular weight is 155 g/mol. The summed E-state index contributed by atoms with van der Waals surface area (Å²) in [4.78, 5) is 2.59. The van der Waals surface area contributed by atoms with Crippen LogP contribution < -0.4 is 4.13 Å². The molecule has 0 atom stereocenters. The predicted octanol–water partition coefficient (Wildman–Crippen LogP) is 2.30. The summed E-state index contributed by atoms with van der Waals surface area (Å²) in [6.07, 6.45) is 0. The van der Waals surface area contributed by atoms with E-state index in [-0.39, 0.29) is 0 Å². The van der Waals surface area contributed by atoms with Gasteiger partial charge in [0.15, 0.2) is 0 Å². The Bertz CT molecular complexity index is 205. The molecule has 0 aromatic heterocycles. The van der Waals surface area contributed by atoms with Crippen LogP contribution in [0.2, 0.25) is 0 Å². The second kappa shape index (κ2) is 2.25. The van der Waals surface area contributed by atoms with Crippen LogP contribution in [0.3, 0.4) is 0 Å². The highest BCUT2D eigenvalue weighted by Gasteiger charge is 2.02. The van der Waals surface area contributed by atoms with Crippen molar-refractivity contribution < 1.29 is 0 Å². The van der Waals surface area contributed by atoms with Crippen molar-refractivity contribution in [3.63, 3.8) is 0 Å². The van der Waals surface area contributed by atoms with E-state index in [0.717, 1.165) is 0 Å². The molecule has 1 aromatic rings. The van der Waals surface area contributed by atoms with E-state index in [2.05, 4.69) is 28.4 Å². The molecule has 0 saturated heterocycles. The van der Waals surface area contributed by atoms with Gasteiger partial charge < -0.3 is 0 Å². The van der Waals surface area contributed by atoms with Gasteiger partial charge in [0.2, 0.25) is 0 Å². The molecule has 1 N–H and O–H groups in total. The van der Waals surface area contributed by atoms with Gasteiger partial charge in [-0.15, -0.1) is 0 Å². The van der Waals surface area contributed by atoms with Crippen molar-refractivity contribution in [3.05, 3.63) is 24.3 Å². The van der Waals surface area contributed by atoms with Crippen molar-refractivity contribution in [3.8, 4) is 0 Å². The van der Waals surface area contributed by atoms with Crippen LogP contribution in [0.4, 0.5) is 0 Å². The Morgan fingerprint density at radius 2 is 1.78 bits per heavy atom. The lowest BCUT2D eigenvalue weighted by Gasteiger charge is -2.09. The summed E-state index contributed by atoms with van der Waals surface area (Å²) in [7, 11) is 0. The summed E-state index contributed by atoms with van der Waals surface area (Å²) in [5.41, 5.74) is 0. The smallest absolute Gasteiger partial charge is 0.0248 e. The normalized spacial score (nSPS) is 15.6. The monoisotopic (exact) mass is 155 g/mol. The lowest BCUT2D eigenvalue weighted by molar-refractivity contribution is 1.30. The van der Waals surface area contributed by atoms with E-state index < -0.39 is 0 Å². The largest absolute Gasteiger partial charge is 0.199 e. The minimum atomic E-state index is 1.30. The molecule has 3 heteroatoms. The third-order valence-corrected chi connectivity index (χ3v) is 2.77. The minimum Gasteiger partial charge on any atom is -0.199 e. The molecule has 0 spiro atoms. The highest BCUT2D eigenvalue weighted by Crippen LogP contribution is 2.29. The number of hydrogen-bond donors (Lipinski definition) is 1. The van der Waals surface area contributed by atoms with Crippen molar-refractivity contribution in [1.29, 1.82) is 0 Å². The highest BCUT2D eigenvalue weighted by molar-refractivity contribution is 8.13. The van der Waals surface area contributed by atoms with E-state index in [1.807, 2.05) is 0 Å². The van der Waals surface area contributed by atoms with Gasteiger partial charge in [-0.25, -0.2) is 0 Å². The maximum absolute atomic E-state index is 3.13. The molecule has 0 amide bonds. The summed E-state index contributed by atoms with van der Waals surface area (Å²) in [5, 5.41) is 0. The molecule has 9 heavy (non-hydrogen) atoms. The molecule has 0 radical (unpaired) electrons. The zero-order valence-electron chi connectivity index (χ0n) is 4.63. The van der Waals surface area contributed by atoms with Gasteiger partial charge in [0.1, 0.15) is 0 Å². The van der Waals surface area contributed by atoms with Gasteiger partial charge in [-0.2, -0.15) is 4.13 Å². The fourth-order valence-electron chi connectivity index (χ4n) is 0.718. The van der Waals surface area contributed by atoms with E-state index in [0.29, 0.717) is 0 Å². The van der Waals surface area contributed by atoms with Gasteiger partial charge >= 0.3 is 0 Å². The molecule has 1 aliphatic rings. The fourth-order valence-corrected chi connectivity index (χ4v) is 2.39. The van der Waals surface area contributed by atoms with Crippen LogP contribution in [-0.4, -0.2) is 0 Å². The standard InChI is InChI=1S/C6H5NS2/c1-2-5-4-6(3-1)9-7-8-5/h1-4,7H. The van der Waals surface area contributed by atoms with Crippen molar-refractivity contribution in [2.24, 2.45) is 0 Å². The first-order valence-electron chi connectivity index (χ1n) is 2.64. The van der Waals surface area contributed by atoms with Crippen LogP contribution in [-0.2, 0) is 0 Å². The van der Waals surface area contributed by atoms with Gasteiger partial charge in [0.05, 0.1) is 0 Å². The maximum Gasteiger partial charge on any atom is 0.0248 e. The third kappa shape index (κ3) is 1.08. The molecular weight excluding hydrogens is 150 g/mol. The van der Waals surface area contributed by atoms with Crippen molar-refractivity contribution in [1.82, 2.24) is 4.13 Å². The molecule has 0 saturated carbocycles. The van der Waals surface area contributed by atoms with Gasteiger partial charge in [0, 0.05) is 9.79 Å².